The minimum Gasteiger partial charge on any atom is -0.497 e. The first-order valence-corrected chi connectivity index (χ1v) is 7.76. The SMILES string of the molecule is COc1ccc(OC)c(CC(=O)NC2CCC(C(=O)O)CC2)c1. The van der Waals surface area contributed by atoms with E-state index >= 15 is 0 Å². The molecule has 0 aliphatic heterocycles. The zero-order valence-electron chi connectivity index (χ0n) is 13.5. The molecule has 1 aliphatic carbocycles. The van der Waals surface area contributed by atoms with Gasteiger partial charge >= 0.3 is 5.97 Å². The Kier molecular flexibility index (Phi) is 5.84. The quantitative estimate of drug-likeness (QED) is 0.837. The number of rotatable bonds is 6. The molecule has 0 saturated heterocycles. The first kappa shape index (κ1) is 17.1. The molecule has 0 radical (unpaired) electrons. The molecule has 1 aromatic carbocycles. The molecule has 1 aliphatic rings. The van der Waals surface area contributed by atoms with Crippen LogP contribution in [0.1, 0.15) is 31.2 Å². The van der Waals surface area contributed by atoms with Gasteiger partial charge in [-0.15, -0.1) is 0 Å². The van der Waals surface area contributed by atoms with Crippen molar-refractivity contribution < 1.29 is 24.2 Å². The third-order valence-electron chi connectivity index (χ3n) is 4.28. The van der Waals surface area contributed by atoms with Crippen molar-refractivity contribution >= 4 is 11.9 Å². The molecule has 126 valence electrons. The van der Waals surface area contributed by atoms with Crippen LogP contribution in [-0.4, -0.2) is 37.2 Å². The van der Waals surface area contributed by atoms with Gasteiger partial charge in [0.25, 0.3) is 0 Å². The largest absolute Gasteiger partial charge is 0.497 e. The Morgan fingerprint density at radius 2 is 1.87 bits per heavy atom. The van der Waals surface area contributed by atoms with E-state index in [0.717, 1.165) is 5.56 Å². The molecule has 1 amide bonds. The van der Waals surface area contributed by atoms with Crippen molar-refractivity contribution in [3.8, 4) is 11.5 Å². The summed E-state index contributed by atoms with van der Waals surface area (Å²) in [5.41, 5.74) is 0.767. The standard InChI is InChI=1S/C17H23NO5/c1-22-14-7-8-15(23-2)12(9-14)10-16(19)18-13-5-3-11(4-6-13)17(20)21/h7-9,11,13H,3-6,10H2,1-2H3,(H,18,19)(H,20,21). The van der Waals surface area contributed by atoms with E-state index in [1.807, 2.05) is 0 Å². The number of amides is 1. The summed E-state index contributed by atoms with van der Waals surface area (Å²) in [5.74, 6) is 0.221. The van der Waals surface area contributed by atoms with E-state index < -0.39 is 5.97 Å². The maximum absolute atomic E-state index is 12.2. The molecular weight excluding hydrogens is 298 g/mol. The highest BCUT2D eigenvalue weighted by Crippen LogP contribution is 2.26. The fourth-order valence-corrected chi connectivity index (χ4v) is 2.96. The Hall–Kier alpha value is -2.24. The zero-order chi connectivity index (χ0) is 16.8. The first-order valence-electron chi connectivity index (χ1n) is 7.76. The lowest BCUT2D eigenvalue weighted by Gasteiger charge is -2.26. The number of hydrogen-bond donors (Lipinski definition) is 2. The fraction of sp³-hybridized carbons (Fsp3) is 0.529. The summed E-state index contributed by atoms with van der Waals surface area (Å²) in [6.07, 6.45) is 2.85. The molecule has 1 saturated carbocycles. The molecule has 1 fully saturated rings. The molecule has 0 bridgehead atoms. The highest BCUT2D eigenvalue weighted by atomic mass is 16.5. The topological polar surface area (TPSA) is 84.9 Å². The summed E-state index contributed by atoms with van der Waals surface area (Å²) in [6.45, 7) is 0. The number of benzene rings is 1. The summed E-state index contributed by atoms with van der Waals surface area (Å²) in [4.78, 5) is 23.2. The van der Waals surface area contributed by atoms with Gasteiger partial charge in [-0.3, -0.25) is 9.59 Å². The second-order valence-corrected chi connectivity index (χ2v) is 5.81. The molecule has 0 unspecified atom stereocenters. The van der Waals surface area contributed by atoms with Crippen LogP contribution in [0.5, 0.6) is 11.5 Å². The van der Waals surface area contributed by atoms with Crippen LogP contribution in [0.4, 0.5) is 0 Å². The number of carboxylic acid groups (broad SMARTS) is 1. The van der Waals surface area contributed by atoms with Gasteiger partial charge in [-0.25, -0.2) is 0 Å². The lowest BCUT2D eigenvalue weighted by molar-refractivity contribution is -0.142. The number of methoxy groups -OCH3 is 2. The Balaban J connectivity index is 1.91. The predicted molar refractivity (Wildman–Crippen MR) is 84.8 cm³/mol. The number of carbonyl (C=O) groups excluding carboxylic acids is 1. The van der Waals surface area contributed by atoms with Gasteiger partial charge in [0.15, 0.2) is 0 Å². The van der Waals surface area contributed by atoms with E-state index in [4.69, 9.17) is 14.6 Å². The van der Waals surface area contributed by atoms with E-state index in [-0.39, 0.29) is 24.3 Å². The summed E-state index contributed by atoms with van der Waals surface area (Å²) in [5, 5.41) is 12.0. The van der Waals surface area contributed by atoms with Gasteiger partial charge < -0.3 is 19.9 Å². The summed E-state index contributed by atoms with van der Waals surface area (Å²) >= 11 is 0. The van der Waals surface area contributed by atoms with Crippen molar-refractivity contribution in [2.75, 3.05) is 14.2 Å². The second kappa shape index (κ2) is 7.85. The van der Waals surface area contributed by atoms with Crippen LogP contribution in [0, 0.1) is 5.92 Å². The van der Waals surface area contributed by atoms with Crippen LogP contribution >= 0.6 is 0 Å². The van der Waals surface area contributed by atoms with Gasteiger partial charge in [-0.05, 0) is 43.9 Å². The van der Waals surface area contributed by atoms with Gasteiger partial charge in [0.2, 0.25) is 5.91 Å². The van der Waals surface area contributed by atoms with E-state index in [1.54, 1.807) is 32.4 Å². The average molecular weight is 321 g/mol. The molecular formula is C17H23NO5. The van der Waals surface area contributed by atoms with Crippen LogP contribution < -0.4 is 14.8 Å². The van der Waals surface area contributed by atoms with Gasteiger partial charge in [-0.2, -0.15) is 0 Å². The smallest absolute Gasteiger partial charge is 0.306 e. The van der Waals surface area contributed by atoms with Crippen molar-refractivity contribution in [3.05, 3.63) is 23.8 Å². The minimum atomic E-state index is -0.740. The zero-order valence-corrected chi connectivity index (χ0v) is 13.5. The number of aliphatic carboxylic acids is 1. The maximum Gasteiger partial charge on any atom is 0.306 e. The van der Waals surface area contributed by atoms with Crippen molar-refractivity contribution in [2.45, 2.75) is 38.1 Å². The van der Waals surface area contributed by atoms with Crippen LogP contribution in [0.2, 0.25) is 0 Å². The number of carboxylic acids is 1. The van der Waals surface area contributed by atoms with Gasteiger partial charge in [0.05, 0.1) is 26.6 Å². The van der Waals surface area contributed by atoms with Crippen LogP contribution in [0.3, 0.4) is 0 Å². The van der Waals surface area contributed by atoms with Gasteiger partial charge in [0.1, 0.15) is 11.5 Å². The van der Waals surface area contributed by atoms with Gasteiger partial charge in [-0.1, -0.05) is 0 Å². The monoisotopic (exact) mass is 321 g/mol. The van der Waals surface area contributed by atoms with Crippen LogP contribution in [0.15, 0.2) is 18.2 Å². The van der Waals surface area contributed by atoms with E-state index in [1.165, 1.54) is 0 Å². The predicted octanol–water partition coefficient (Wildman–Crippen LogP) is 2.01. The maximum atomic E-state index is 12.2. The third kappa shape index (κ3) is 4.61. The molecule has 6 heteroatoms. The van der Waals surface area contributed by atoms with Crippen molar-refractivity contribution in [1.29, 1.82) is 0 Å². The van der Waals surface area contributed by atoms with E-state index in [9.17, 15) is 9.59 Å². The molecule has 0 spiro atoms. The first-order chi connectivity index (χ1) is 11.0. The fourth-order valence-electron chi connectivity index (χ4n) is 2.96. The third-order valence-corrected chi connectivity index (χ3v) is 4.28. The molecule has 0 aromatic heterocycles. The van der Waals surface area contributed by atoms with Crippen LogP contribution in [0.25, 0.3) is 0 Å². The molecule has 0 heterocycles. The normalized spacial score (nSPS) is 20.6. The van der Waals surface area contributed by atoms with Gasteiger partial charge in [0, 0.05) is 11.6 Å². The highest BCUT2D eigenvalue weighted by molar-refractivity contribution is 5.80. The highest BCUT2D eigenvalue weighted by Gasteiger charge is 2.26. The molecule has 6 nitrogen and oxygen atoms in total. The lowest BCUT2D eigenvalue weighted by Crippen LogP contribution is -2.39. The Morgan fingerprint density at radius 3 is 2.43 bits per heavy atom. The van der Waals surface area contributed by atoms with Crippen LogP contribution in [-0.2, 0) is 16.0 Å². The molecule has 1 aromatic rings. The Morgan fingerprint density at radius 1 is 1.17 bits per heavy atom. The Labute approximate surface area is 135 Å². The number of ether oxygens (including phenoxy) is 2. The lowest BCUT2D eigenvalue weighted by atomic mass is 9.86. The molecule has 2 rings (SSSR count). The molecule has 23 heavy (non-hydrogen) atoms. The average Bonchev–Trinajstić information content (AvgIpc) is 2.55. The summed E-state index contributed by atoms with van der Waals surface area (Å²) in [7, 11) is 3.14. The summed E-state index contributed by atoms with van der Waals surface area (Å²) in [6, 6.07) is 5.40. The Bertz CT molecular complexity index is 564. The molecule has 0 atom stereocenters. The number of hydrogen-bond acceptors (Lipinski definition) is 4. The van der Waals surface area contributed by atoms with E-state index in [2.05, 4.69) is 5.32 Å². The summed E-state index contributed by atoms with van der Waals surface area (Å²) < 4.78 is 10.5. The van der Waals surface area contributed by atoms with Crippen molar-refractivity contribution in [1.82, 2.24) is 5.32 Å². The number of nitrogens with one attached hydrogen (secondary N) is 1. The van der Waals surface area contributed by atoms with Crippen molar-refractivity contribution in [2.24, 2.45) is 5.92 Å². The second-order valence-electron chi connectivity index (χ2n) is 5.81. The van der Waals surface area contributed by atoms with Crippen molar-refractivity contribution in [3.63, 3.8) is 0 Å². The van der Waals surface area contributed by atoms with E-state index in [0.29, 0.717) is 37.2 Å². The molecule has 2 N–H and O–H groups in total. The number of carbonyl (C=O) groups is 2. The minimum absolute atomic E-state index is 0.0507.